The lowest BCUT2D eigenvalue weighted by Crippen LogP contribution is -2.14. The average molecular weight is 404 g/mol. The van der Waals surface area contributed by atoms with Gasteiger partial charge in [-0.25, -0.2) is 9.79 Å². The van der Waals surface area contributed by atoms with Gasteiger partial charge in [0.15, 0.2) is 9.67 Å². The maximum atomic E-state index is 12.1. The average Bonchev–Trinajstić information content (AvgIpc) is 3.13. The Morgan fingerprint density at radius 3 is 2.81 bits per heavy atom. The number of benzene rings is 1. The molecule has 0 bridgehead atoms. The number of methoxy groups -OCH3 is 1. The van der Waals surface area contributed by atoms with Gasteiger partial charge < -0.3 is 14.9 Å². The number of fused-ring (bicyclic) bond motifs is 1. The minimum atomic E-state index is -0.903. The molecule has 9 heteroatoms. The molecule has 2 heterocycles. The lowest BCUT2D eigenvalue weighted by atomic mass is 10.0. The lowest BCUT2D eigenvalue weighted by Gasteiger charge is -2.05. The third kappa shape index (κ3) is 3.83. The highest BCUT2D eigenvalue weighted by molar-refractivity contribution is 7.73. The minimum Gasteiger partial charge on any atom is -0.493 e. The number of esters is 1. The Balaban J connectivity index is 2.00. The van der Waals surface area contributed by atoms with Gasteiger partial charge in [0.25, 0.3) is 0 Å². The third-order valence-corrected chi connectivity index (χ3v) is 5.39. The predicted octanol–water partition coefficient (Wildman–Crippen LogP) is 3.65. The molecule has 0 fully saturated rings. The number of thiazole rings is 1. The van der Waals surface area contributed by atoms with Crippen molar-refractivity contribution in [3.63, 3.8) is 0 Å². The molecule has 2 aromatic rings. The van der Waals surface area contributed by atoms with Crippen molar-refractivity contribution in [2.75, 3.05) is 7.11 Å². The number of nitrogens with zero attached hydrogens (tertiary/aromatic N) is 2. The molecule has 7 nitrogen and oxygen atoms in total. The molecular formula is C18H16N2O5S2. The van der Waals surface area contributed by atoms with Crippen LogP contribution in [0.2, 0.25) is 0 Å². The van der Waals surface area contributed by atoms with E-state index >= 15 is 0 Å². The number of para-hydroxylation sites is 1. The van der Waals surface area contributed by atoms with Crippen LogP contribution < -0.4 is 0 Å². The van der Waals surface area contributed by atoms with Crippen LogP contribution in [0.5, 0.6) is 5.88 Å². The molecule has 1 aromatic heterocycles. The monoisotopic (exact) mass is 404 g/mol. The highest BCUT2D eigenvalue weighted by atomic mass is 32.1. The van der Waals surface area contributed by atoms with E-state index in [4.69, 9.17) is 22.1 Å². The van der Waals surface area contributed by atoms with E-state index in [2.05, 4.69) is 4.99 Å². The van der Waals surface area contributed by atoms with Gasteiger partial charge in [0, 0.05) is 24.1 Å². The number of carbonyl (C=O) groups excluding carboxylic acids is 1. The van der Waals surface area contributed by atoms with Crippen molar-refractivity contribution in [1.29, 1.82) is 0 Å². The second-order valence-corrected chi connectivity index (χ2v) is 7.41. The van der Waals surface area contributed by atoms with Gasteiger partial charge in [-0.05, 0) is 30.8 Å². The molecule has 0 atom stereocenters. The van der Waals surface area contributed by atoms with Crippen LogP contribution in [0.1, 0.15) is 23.3 Å². The maximum absolute atomic E-state index is 12.1. The van der Waals surface area contributed by atoms with Crippen LogP contribution >= 0.6 is 23.6 Å². The molecule has 0 amide bonds. The van der Waals surface area contributed by atoms with Crippen LogP contribution in [0.4, 0.5) is 5.69 Å². The Morgan fingerprint density at radius 2 is 2.11 bits per heavy atom. The fraction of sp³-hybridized carbons (Fsp3) is 0.222. The summed E-state index contributed by atoms with van der Waals surface area (Å²) < 4.78 is 6.73. The summed E-state index contributed by atoms with van der Waals surface area (Å²) in [6.07, 6.45) is 1.99. The second kappa shape index (κ2) is 7.85. The van der Waals surface area contributed by atoms with Gasteiger partial charge in [0.2, 0.25) is 5.88 Å². The Kier molecular flexibility index (Phi) is 5.52. The number of aliphatic imine (C=N–C) groups is 1. The van der Waals surface area contributed by atoms with Gasteiger partial charge in [-0.3, -0.25) is 9.36 Å². The van der Waals surface area contributed by atoms with Gasteiger partial charge in [-0.15, -0.1) is 11.3 Å². The van der Waals surface area contributed by atoms with Crippen LogP contribution in [-0.2, 0) is 20.9 Å². The minimum absolute atomic E-state index is 0.0139. The van der Waals surface area contributed by atoms with Crippen LogP contribution in [0.25, 0.3) is 11.6 Å². The summed E-state index contributed by atoms with van der Waals surface area (Å²) in [4.78, 5) is 27.6. The van der Waals surface area contributed by atoms with E-state index < -0.39 is 11.9 Å². The number of aromatic hydroxyl groups is 1. The zero-order valence-electron chi connectivity index (χ0n) is 14.3. The molecule has 2 N–H and O–H groups in total. The summed E-state index contributed by atoms with van der Waals surface area (Å²) in [6.45, 7) is 0.297. The van der Waals surface area contributed by atoms with E-state index in [1.807, 2.05) is 18.2 Å². The molecule has 0 spiro atoms. The molecule has 1 aromatic carbocycles. The van der Waals surface area contributed by atoms with Crippen molar-refractivity contribution in [3.8, 4) is 5.88 Å². The molecule has 0 unspecified atom stereocenters. The number of hydrogen-bond donors (Lipinski definition) is 2. The summed E-state index contributed by atoms with van der Waals surface area (Å²) in [5.74, 6) is -1.53. The number of hydrogen-bond acceptors (Lipinski definition) is 7. The quantitative estimate of drug-likeness (QED) is 0.563. The fourth-order valence-corrected chi connectivity index (χ4v) is 4.03. The SMILES string of the molecule is COC(=O)C1=Nc2ccccc2/C1=C\c1sc(=S)n(CCCC(=O)O)c1O. The topological polar surface area (TPSA) is 101 Å². The summed E-state index contributed by atoms with van der Waals surface area (Å²) in [5, 5.41) is 19.3. The number of carbonyl (C=O) groups is 2. The molecule has 3 rings (SSSR count). The maximum Gasteiger partial charge on any atom is 0.357 e. The molecule has 0 saturated heterocycles. The first kappa shape index (κ1) is 19.0. The molecule has 1 aliphatic rings. The van der Waals surface area contributed by atoms with Crippen molar-refractivity contribution in [3.05, 3.63) is 38.7 Å². The van der Waals surface area contributed by atoms with Crippen molar-refractivity contribution < 1.29 is 24.5 Å². The molecule has 0 aliphatic carbocycles. The van der Waals surface area contributed by atoms with Crippen molar-refractivity contribution in [1.82, 2.24) is 4.57 Å². The van der Waals surface area contributed by atoms with E-state index in [0.717, 1.165) is 5.56 Å². The number of ether oxygens (including phenoxy) is 1. The summed E-state index contributed by atoms with van der Waals surface area (Å²) in [5.41, 5.74) is 2.11. The summed E-state index contributed by atoms with van der Waals surface area (Å²) in [6, 6.07) is 7.28. The van der Waals surface area contributed by atoms with Gasteiger partial charge in [0.1, 0.15) is 0 Å². The van der Waals surface area contributed by atoms with Gasteiger partial charge in [0.05, 0.1) is 17.7 Å². The number of carboxylic acid groups (broad SMARTS) is 1. The molecule has 27 heavy (non-hydrogen) atoms. The first-order chi connectivity index (χ1) is 12.9. The number of rotatable bonds is 6. The van der Waals surface area contributed by atoms with E-state index in [1.54, 1.807) is 12.1 Å². The van der Waals surface area contributed by atoms with Gasteiger partial charge in [-0.2, -0.15) is 0 Å². The largest absolute Gasteiger partial charge is 0.493 e. The highest BCUT2D eigenvalue weighted by Gasteiger charge is 2.27. The van der Waals surface area contributed by atoms with Crippen molar-refractivity contribution in [2.45, 2.75) is 19.4 Å². The molecule has 0 saturated carbocycles. The van der Waals surface area contributed by atoms with Crippen molar-refractivity contribution in [2.24, 2.45) is 4.99 Å². The van der Waals surface area contributed by atoms with Crippen LogP contribution in [0.3, 0.4) is 0 Å². The Hall–Kier alpha value is -2.78. The summed E-state index contributed by atoms with van der Waals surface area (Å²) >= 11 is 6.46. The Labute approximate surface area is 163 Å². The number of aliphatic carboxylic acids is 1. The molecule has 140 valence electrons. The zero-order chi connectivity index (χ0) is 19.6. The number of carboxylic acids is 1. The lowest BCUT2D eigenvalue weighted by molar-refractivity contribution is -0.137. The van der Waals surface area contributed by atoms with Gasteiger partial charge in [-0.1, -0.05) is 18.2 Å². The van der Waals surface area contributed by atoms with Crippen LogP contribution in [0.15, 0.2) is 29.3 Å². The first-order valence-corrected chi connectivity index (χ1v) is 9.27. The van der Waals surface area contributed by atoms with E-state index in [9.17, 15) is 14.7 Å². The van der Waals surface area contributed by atoms with E-state index in [-0.39, 0.29) is 18.0 Å². The second-order valence-electron chi connectivity index (χ2n) is 5.73. The predicted molar refractivity (Wildman–Crippen MR) is 105 cm³/mol. The summed E-state index contributed by atoms with van der Waals surface area (Å²) in [7, 11) is 1.28. The van der Waals surface area contributed by atoms with Crippen LogP contribution in [-0.4, -0.2) is 39.5 Å². The third-order valence-electron chi connectivity index (χ3n) is 4.00. The van der Waals surface area contributed by atoms with Crippen LogP contribution in [0, 0.1) is 3.95 Å². The normalized spacial score (nSPS) is 14.1. The first-order valence-electron chi connectivity index (χ1n) is 8.05. The molecular weight excluding hydrogens is 388 g/mol. The number of aromatic nitrogens is 1. The fourth-order valence-electron chi connectivity index (χ4n) is 2.73. The van der Waals surface area contributed by atoms with E-state index in [0.29, 0.717) is 33.1 Å². The smallest absolute Gasteiger partial charge is 0.357 e. The zero-order valence-corrected chi connectivity index (χ0v) is 16.0. The molecule has 1 aliphatic heterocycles. The van der Waals surface area contributed by atoms with Crippen molar-refractivity contribution >= 4 is 58.5 Å². The standard InChI is InChI=1S/C18H16N2O5S2/c1-25-17(24)15-11(10-5-2-3-6-12(10)19-15)9-13-16(23)20(18(26)27-13)8-4-7-14(21)22/h2-3,5-6,9,23H,4,7-8H2,1H3,(H,21,22)/b11-9+. The van der Waals surface area contributed by atoms with E-state index in [1.165, 1.54) is 23.0 Å². The highest BCUT2D eigenvalue weighted by Crippen LogP contribution is 2.38. The Bertz CT molecular complexity index is 1030. The van der Waals surface area contributed by atoms with Gasteiger partial charge >= 0.3 is 11.9 Å². The molecule has 0 radical (unpaired) electrons. The Morgan fingerprint density at radius 1 is 1.37 bits per heavy atom.